The van der Waals surface area contributed by atoms with E-state index in [0.29, 0.717) is 6.54 Å². The molecule has 0 aliphatic carbocycles. The molecule has 0 aromatic carbocycles. The van der Waals surface area contributed by atoms with Gasteiger partial charge in [0, 0.05) is 6.04 Å². The van der Waals surface area contributed by atoms with Gasteiger partial charge in [0.25, 0.3) is 0 Å². The molecule has 0 bridgehead atoms. The van der Waals surface area contributed by atoms with E-state index in [-0.39, 0.29) is 6.04 Å². The van der Waals surface area contributed by atoms with Crippen LogP contribution in [0.2, 0.25) is 0 Å². The summed E-state index contributed by atoms with van der Waals surface area (Å²) in [6, 6.07) is -0.343. The summed E-state index contributed by atoms with van der Waals surface area (Å²) < 4.78 is 36.2. The lowest BCUT2D eigenvalue weighted by Crippen LogP contribution is -2.53. The molecule has 1 aliphatic heterocycles. The first-order valence-electron chi connectivity index (χ1n) is 6.65. The number of piperidine rings is 1. The van der Waals surface area contributed by atoms with E-state index in [0.717, 1.165) is 32.2 Å². The van der Waals surface area contributed by atoms with Crippen molar-refractivity contribution in [2.24, 2.45) is 5.73 Å². The fraction of sp³-hybridized carbons (Fsp3) is 0.917. The number of amides is 1. The van der Waals surface area contributed by atoms with Crippen molar-refractivity contribution in [2.45, 2.75) is 50.9 Å². The summed E-state index contributed by atoms with van der Waals surface area (Å²) in [5, 5.41) is 1.95. The Kier molecular flexibility index (Phi) is 6.06. The molecular formula is C12H22F3N3O. The maximum atomic E-state index is 12.1. The van der Waals surface area contributed by atoms with Crippen LogP contribution in [-0.4, -0.2) is 48.7 Å². The summed E-state index contributed by atoms with van der Waals surface area (Å²) in [5.74, 6) is -0.568. The number of nitrogens with two attached hydrogens (primary N) is 1. The molecular weight excluding hydrogens is 259 g/mol. The summed E-state index contributed by atoms with van der Waals surface area (Å²) in [6.45, 7) is 1.65. The molecule has 2 unspecified atom stereocenters. The Morgan fingerprint density at radius 1 is 1.47 bits per heavy atom. The second kappa shape index (κ2) is 7.09. The van der Waals surface area contributed by atoms with Gasteiger partial charge in [0.1, 0.15) is 6.54 Å². The molecule has 3 N–H and O–H groups in total. The highest BCUT2D eigenvalue weighted by atomic mass is 19.4. The predicted octanol–water partition coefficient (Wildman–Crippen LogP) is 1.26. The smallest absolute Gasteiger partial charge is 0.346 e. The molecule has 4 nitrogen and oxygen atoms in total. The maximum Gasteiger partial charge on any atom is 0.405 e. The van der Waals surface area contributed by atoms with Gasteiger partial charge in [-0.3, -0.25) is 9.69 Å². The van der Waals surface area contributed by atoms with Crippen molar-refractivity contribution in [1.29, 1.82) is 0 Å². The highest BCUT2D eigenvalue weighted by molar-refractivity contribution is 5.81. The van der Waals surface area contributed by atoms with Crippen LogP contribution in [0.25, 0.3) is 0 Å². The van der Waals surface area contributed by atoms with Gasteiger partial charge in [-0.15, -0.1) is 0 Å². The molecule has 1 saturated heterocycles. The molecule has 2 atom stereocenters. The zero-order valence-electron chi connectivity index (χ0n) is 11.2. The summed E-state index contributed by atoms with van der Waals surface area (Å²) >= 11 is 0. The van der Waals surface area contributed by atoms with Crippen molar-refractivity contribution in [3.8, 4) is 0 Å². The first-order chi connectivity index (χ1) is 8.85. The summed E-state index contributed by atoms with van der Waals surface area (Å²) in [6.07, 6.45) is -0.588. The first-order valence-corrected chi connectivity index (χ1v) is 6.65. The largest absolute Gasteiger partial charge is 0.405 e. The van der Waals surface area contributed by atoms with Gasteiger partial charge in [-0.25, -0.2) is 0 Å². The van der Waals surface area contributed by atoms with Crippen LogP contribution in [0.5, 0.6) is 0 Å². The van der Waals surface area contributed by atoms with Crippen LogP contribution in [-0.2, 0) is 4.79 Å². The standard InChI is InChI=1S/C12H22F3N3O/c1-9(11(19)17-8-12(13,14)15)18-7-3-2-4-10(18)5-6-16/h9-10H,2-8,16H2,1H3,(H,17,19). The lowest BCUT2D eigenvalue weighted by atomic mass is 9.97. The molecule has 1 rings (SSSR count). The Labute approximate surface area is 111 Å². The average molecular weight is 281 g/mol. The van der Waals surface area contributed by atoms with Crippen molar-refractivity contribution in [2.75, 3.05) is 19.6 Å². The third-order valence-electron chi connectivity index (χ3n) is 3.51. The monoisotopic (exact) mass is 281 g/mol. The summed E-state index contributed by atoms with van der Waals surface area (Å²) in [5.41, 5.74) is 5.54. The van der Waals surface area contributed by atoms with Crippen LogP contribution in [0.1, 0.15) is 32.6 Å². The maximum absolute atomic E-state index is 12.1. The van der Waals surface area contributed by atoms with Crippen LogP contribution in [0, 0.1) is 0 Å². The summed E-state index contributed by atoms with van der Waals surface area (Å²) in [7, 11) is 0. The molecule has 0 saturated carbocycles. The molecule has 1 amide bonds. The first kappa shape index (κ1) is 16.2. The molecule has 0 aromatic heterocycles. The number of carbonyl (C=O) groups excluding carboxylic acids is 1. The van der Waals surface area contributed by atoms with Crippen LogP contribution >= 0.6 is 0 Å². The van der Waals surface area contributed by atoms with Crippen molar-refractivity contribution < 1.29 is 18.0 Å². The van der Waals surface area contributed by atoms with Crippen molar-refractivity contribution in [3.05, 3.63) is 0 Å². The quantitative estimate of drug-likeness (QED) is 0.797. The number of hydrogen-bond donors (Lipinski definition) is 2. The van der Waals surface area contributed by atoms with E-state index >= 15 is 0 Å². The number of nitrogens with zero attached hydrogens (tertiary/aromatic N) is 1. The SMILES string of the molecule is CC(C(=O)NCC(F)(F)F)N1CCCCC1CCN. The lowest BCUT2D eigenvalue weighted by Gasteiger charge is -2.39. The minimum Gasteiger partial charge on any atom is -0.346 e. The van der Waals surface area contributed by atoms with Gasteiger partial charge in [0.05, 0.1) is 6.04 Å². The molecule has 1 heterocycles. The van der Waals surface area contributed by atoms with Crippen LogP contribution in [0.4, 0.5) is 13.2 Å². The van der Waals surface area contributed by atoms with E-state index in [9.17, 15) is 18.0 Å². The van der Waals surface area contributed by atoms with Crippen molar-refractivity contribution in [3.63, 3.8) is 0 Å². The Balaban J connectivity index is 2.53. The number of carbonyl (C=O) groups is 1. The second-order valence-corrected chi connectivity index (χ2v) is 4.97. The molecule has 19 heavy (non-hydrogen) atoms. The van der Waals surface area contributed by atoms with Crippen LogP contribution in [0.3, 0.4) is 0 Å². The Morgan fingerprint density at radius 3 is 2.74 bits per heavy atom. The Morgan fingerprint density at radius 2 is 2.16 bits per heavy atom. The zero-order chi connectivity index (χ0) is 14.5. The van der Waals surface area contributed by atoms with Crippen LogP contribution < -0.4 is 11.1 Å². The number of alkyl halides is 3. The molecule has 1 aliphatic rings. The van der Waals surface area contributed by atoms with E-state index in [2.05, 4.69) is 0 Å². The van der Waals surface area contributed by atoms with Gasteiger partial charge in [-0.2, -0.15) is 13.2 Å². The zero-order valence-corrected chi connectivity index (χ0v) is 11.2. The minimum absolute atomic E-state index is 0.199. The van der Waals surface area contributed by atoms with Gasteiger partial charge >= 0.3 is 6.18 Å². The highest BCUT2D eigenvalue weighted by Crippen LogP contribution is 2.22. The van der Waals surface area contributed by atoms with E-state index in [4.69, 9.17) is 5.73 Å². The van der Waals surface area contributed by atoms with E-state index < -0.39 is 24.7 Å². The number of halogens is 3. The number of nitrogens with one attached hydrogen (secondary N) is 1. The number of likely N-dealkylation sites (tertiary alicyclic amines) is 1. The number of hydrogen-bond acceptors (Lipinski definition) is 3. The second-order valence-electron chi connectivity index (χ2n) is 4.97. The lowest BCUT2D eigenvalue weighted by molar-refractivity contribution is -0.142. The Hall–Kier alpha value is -0.820. The van der Waals surface area contributed by atoms with Gasteiger partial charge < -0.3 is 11.1 Å². The third-order valence-corrected chi connectivity index (χ3v) is 3.51. The van der Waals surface area contributed by atoms with E-state index in [1.807, 2.05) is 10.2 Å². The molecule has 1 fully saturated rings. The molecule has 0 spiro atoms. The number of rotatable bonds is 5. The minimum atomic E-state index is -4.37. The fourth-order valence-corrected chi connectivity index (χ4v) is 2.52. The van der Waals surface area contributed by atoms with Gasteiger partial charge in [0.15, 0.2) is 0 Å². The Bertz CT molecular complexity index is 294. The van der Waals surface area contributed by atoms with Gasteiger partial charge in [0.2, 0.25) is 5.91 Å². The van der Waals surface area contributed by atoms with E-state index in [1.165, 1.54) is 0 Å². The molecule has 0 aromatic rings. The predicted molar refractivity (Wildman–Crippen MR) is 66.5 cm³/mol. The van der Waals surface area contributed by atoms with Gasteiger partial charge in [-0.05, 0) is 39.3 Å². The van der Waals surface area contributed by atoms with Crippen LogP contribution in [0.15, 0.2) is 0 Å². The third kappa shape index (κ3) is 5.36. The highest BCUT2D eigenvalue weighted by Gasteiger charge is 2.32. The van der Waals surface area contributed by atoms with Crippen molar-refractivity contribution >= 4 is 5.91 Å². The molecule has 112 valence electrons. The summed E-state index contributed by atoms with van der Waals surface area (Å²) in [4.78, 5) is 13.7. The van der Waals surface area contributed by atoms with E-state index in [1.54, 1.807) is 6.92 Å². The van der Waals surface area contributed by atoms with Crippen molar-refractivity contribution in [1.82, 2.24) is 10.2 Å². The molecule has 7 heteroatoms. The molecule has 0 radical (unpaired) electrons. The topological polar surface area (TPSA) is 58.4 Å². The average Bonchev–Trinajstić information content (AvgIpc) is 2.35. The normalized spacial score (nSPS) is 23.1. The fourth-order valence-electron chi connectivity index (χ4n) is 2.52. The van der Waals surface area contributed by atoms with Gasteiger partial charge in [-0.1, -0.05) is 6.42 Å².